The van der Waals surface area contributed by atoms with Crippen LogP contribution in [0.3, 0.4) is 0 Å². The van der Waals surface area contributed by atoms with Crippen LogP contribution in [0.1, 0.15) is 18.7 Å². The van der Waals surface area contributed by atoms with Crippen LogP contribution in [0.2, 0.25) is 0 Å². The van der Waals surface area contributed by atoms with Crippen LogP contribution in [-0.4, -0.2) is 70.4 Å². The van der Waals surface area contributed by atoms with Gasteiger partial charge >= 0.3 is 6.03 Å². The summed E-state index contributed by atoms with van der Waals surface area (Å²) in [6.45, 7) is 2.57. The molecule has 1 aromatic heterocycles. The lowest BCUT2D eigenvalue weighted by atomic mass is 10.1. The van der Waals surface area contributed by atoms with E-state index < -0.39 is 0 Å². The number of carbonyl (C=O) groups is 1. The molecule has 1 aromatic rings. The third kappa shape index (κ3) is 3.69. The van der Waals surface area contributed by atoms with Gasteiger partial charge in [-0.15, -0.1) is 10.2 Å². The topological polar surface area (TPSA) is 66.3 Å². The van der Waals surface area contributed by atoms with E-state index in [9.17, 15) is 4.79 Å². The highest BCUT2D eigenvalue weighted by atomic mass is 16.2. The SMILES string of the molecule is CN(C)C(=O)N1CCC(NCCc2nncn2C)CC1. The first-order chi connectivity index (χ1) is 9.58. The minimum Gasteiger partial charge on any atom is -0.331 e. The molecular weight excluding hydrogens is 256 g/mol. The highest BCUT2D eigenvalue weighted by Gasteiger charge is 2.23. The predicted molar refractivity (Wildman–Crippen MR) is 76.4 cm³/mol. The Hall–Kier alpha value is -1.63. The van der Waals surface area contributed by atoms with Gasteiger partial charge in [0.15, 0.2) is 0 Å². The van der Waals surface area contributed by atoms with Crippen LogP contribution in [-0.2, 0) is 13.5 Å². The van der Waals surface area contributed by atoms with Gasteiger partial charge in [-0.1, -0.05) is 0 Å². The smallest absolute Gasteiger partial charge is 0.319 e. The lowest BCUT2D eigenvalue weighted by Crippen LogP contribution is -2.48. The van der Waals surface area contributed by atoms with Crippen molar-refractivity contribution in [3.8, 4) is 0 Å². The Morgan fingerprint density at radius 1 is 1.45 bits per heavy atom. The Kier molecular flexibility index (Phi) is 4.94. The summed E-state index contributed by atoms with van der Waals surface area (Å²) in [6.07, 6.45) is 4.63. The van der Waals surface area contributed by atoms with E-state index in [0.717, 1.165) is 44.7 Å². The quantitative estimate of drug-likeness (QED) is 0.849. The summed E-state index contributed by atoms with van der Waals surface area (Å²) < 4.78 is 1.94. The van der Waals surface area contributed by atoms with Crippen molar-refractivity contribution in [3.63, 3.8) is 0 Å². The van der Waals surface area contributed by atoms with Crippen molar-refractivity contribution in [2.45, 2.75) is 25.3 Å². The van der Waals surface area contributed by atoms with E-state index >= 15 is 0 Å². The molecule has 0 atom stereocenters. The molecule has 7 nitrogen and oxygen atoms in total. The van der Waals surface area contributed by atoms with E-state index in [1.54, 1.807) is 25.3 Å². The zero-order valence-electron chi connectivity index (χ0n) is 12.5. The maximum absolute atomic E-state index is 11.8. The number of nitrogens with one attached hydrogen (secondary N) is 1. The second-order valence-corrected chi connectivity index (χ2v) is 5.50. The highest BCUT2D eigenvalue weighted by Crippen LogP contribution is 2.11. The van der Waals surface area contributed by atoms with Gasteiger partial charge in [0, 0.05) is 53.2 Å². The number of amides is 2. The fraction of sp³-hybridized carbons (Fsp3) is 0.769. The Balaban J connectivity index is 1.67. The standard InChI is InChI=1S/C13H24N6O/c1-17(2)13(20)19-8-5-11(6-9-19)14-7-4-12-16-15-10-18(12)3/h10-11,14H,4-9H2,1-3H3. The zero-order valence-corrected chi connectivity index (χ0v) is 12.5. The molecule has 0 aliphatic carbocycles. The first kappa shape index (κ1) is 14.8. The molecule has 0 saturated carbocycles. The second kappa shape index (κ2) is 6.69. The molecular formula is C13H24N6O. The molecule has 2 heterocycles. The molecule has 1 N–H and O–H groups in total. The number of hydrogen-bond donors (Lipinski definition) is 1. The van der Waals surface area contributed by atoms with Gasteiger partial charge in [-0.05, 0) is 12.8 Å². The second-order valence-electron chi connectivity index (χ2n) is 5.50. The molecule has 0 aromatic carbocycles. The normalized spacial score (nSPS) is 16.4. The molecule has 0 unspecified atom stereocenters. The number of rotatable bonds is 4. The van der Waals surface area contributed by atoms with Crippen LogP contribution in [0.5, 0.6) is 0 Å². The van der Waals surface area contributed by atoms with Gasteiger partial charge in [-0.2, -0.15) is 0 Å². The fourth-order valence-corrected chi connectivity index (χ4v) is 2.48. The third-order valence-corrected chi connectivity index (χ3v) is 3.73. The number of likely N-dealkylation sites (tertiary alicyclic amines) is 1. The number of hydrogen-bond acceptors (Lipinski definition) is 4. The number of aryl methyl sites for hydroxylation is 1. The predicted octanol–water partition coefficient (Wildman–Crippen LogP) is 0.0932. The monoisotopic (exact) mass is 280 g/mol. The van der Waals surface area contributed by atoms with Gasteiger partial charge in [-0.3, -0.25) is 0 Å². The fourth-order valence-electron chi connectivity index (χ4n) is 2.48. The third-order valence-electron chi connectivity index (χ3n) is 3.73. The largest absolute Gasteiger partial charge is 0.331 e. The van der Waals surface area contributed by atoms with E-state index in [4.69, 9.17) is 0 Å². The molecule has 1 aliphatic heterocycles. The van der Waals surface area contributed by atoms with Crippen molar-refractivity contribution in [2.75, 3.05) is 33.7 Å². The van der Waals surface area contributed by atoms with Crippen LogP contribution < -0.4 is 5.32 Å². The van der Waals surface area contributed by atoms with Gasteiger partial charge in [0.2, 0.25) is 0 Å². The number of urea groups is 1. The summed E-state index contributed by atoms with van der Waals surface area (Å²) in [5.41, 5.74) is 0. The van der Waals surface area contributed by atoms with Crippen LogP contribution in [0.4, 0.5) is 4.79 Å². The molecule has 1 fully saturated rings. The van der Waals surface area contributed by atoms with Crippen LogP contribution in [0.25, 0.3) is 0 Å². The van der Waals surface area contributed by atoms with Crippen molar-refractivity contribution in [1.82, 2.24) is 29.9 Å². The van der Waals surface area contributed by atoms with E-state index in [0.29, 0.717) is 6.04 Å². The maximum Gasteiger partial charge on any atom is 0.319 e. The molecule has 2 rings (SSSR count). The van der Waals surface area contributed by atoms with Gasteiger partial charge in [0.05, 0.1) is 0 Å². The molecule has 0 radical (unpaired) electrons. The highest BCUT2D eigenvalue weighted by molar-refractivity contribution is 5.73. The summed E-state index contributed by atoms with van der Waals surface area (Å²) in [6, 6.07) is 0.608. The summed E-state index contributed by atoms with van der Waals surface area (Å²) >= 11 is 0. The van der Waals surface area contributed by atoms with Crippen LogP contribution in [0.15, 0.2) is 6.33 Å². The molecule has 1 aliphatic rings. The summed E-state index contributed by atoms with van der Waals surface area (Å²) in [5.74, 6) is 0.998. The van der Waals surface area contributed by atoms with Crippen molar-refractivity contribution in [1.29, 1.82) is 0 Å². The average Bonchev–Trinajstić information content (AvgIpc) is 2.84. The number of nitrogens with zero attached hydrogens (tertiary/aromatic N) is 5. The van der Waals surface area contributed by atoms with E-state index in [1.807, 2.05) is 16.5 Å². The first-order valence-corrected chi connectivity index (χ1v) is 7.10. The Labute approximate surface area is 119 Å². The van der Waals surface area contributed by atoms with Crippen molar-refractivity contribution in [2.24, 2.45) is 7.05 Å². The van der Waals surface area contributed by atoms with Crippen LogP contribution >= 0.6 is 0 Å². The zero-order chi connectivity index (χ0) is 14.5. The Morgan fingerprint density at radius 3 is 2.70 bits per heavy atom. The summed E-state index contributed by atoms with van der Waals surface area (Å²) in [7, 11) is 5.56. The molecule has 7 heteroatoms. The van der Waals surface area contributed by atoms with E-state index in [2.05, 4.69) is 15.5 Å². The Bertz CT molecular complexity index is 436. The first-order valence-electron chi connectivity index (χ1n) is 7.10. The van der Waals surface area contributed by atoms with E-state index in [1.165, 1.54) is 0 Å². The average molecular weight is 280 g/mol. The number of aromatic nitrogens is 3. The lowest BCUT2D eigenvalue weighted by molar-refractivity contribution is 0.152. The van der Waals surface area contributed by atoms with Gasteiger partial charge in [-0.25, -0.2) is 4.79 Å². The number of carbonyl (C=O) groups excluding carboxylic acids is 1. The van der Waals surface area contributed by atoms with Gasteiger partial charge in [0.25, 0.3) is 0 Å². The molecule has 0 spiro atoms. The molecule has 112 valence electrons. The molecule has 20 heavy (non-hydrogen) atoms. The van der Waals surface area contributed by atoms with Crippen LogP contribution in [0, 0.1) is 0 Å². The van der Waals surface area contributed by atoms with Crippen molar-refractivity contribution < 1.29 is 4.79 Å². The minimum atomic E-state index is 0.113. The molecule has 2 amide bonds. The minimum absolute atomic E-state index is 0.113. The molecule has 1 saturated heterocycles. The number of piperidine rings is 1. The van der Waals surface area contributed by atoms with E-state index in [-0.39, 0.29) is 6.03 Å². The van der Waals surface area contributed by atoms with Crippen molar-refractivity contribution in [3.05, 3.63) is 12.2 Å². The summed E-state index contributed by atoms with van der Waals surface area (Å²) in [5, 5.41) is 11.5. The lowest BCUT2D eigenvalue weighted by Gasteiger charge is -2.34. The van der Waals surface area contributed by atoms with Crippen molar-refractivity contribution >= 4 is 6.03 Å². The molecule has 0 bridgehead atoms. The maximum atomic E-state index is 11.8. The Morgan fingerprint density at radius 2 is 2.15 bits per heavy atom. The summed E-state index contributed by atoms with van der Waals surface area (Å²) in [4.78, 5) is 15.4. The van der Waals surface area contributed by atoms with Gasteiger partial charge in [0.1, 0.15) is 12.2 Å². The van der Waals surface area contributed by atoms with Gasteiger partial charge < -0.3 is 19.7 Å².